The van der Waals surface area contributed by atoms with E-state index in [4.69, 9.17) is 16.7 Å². The van der Waals surface area contributed by atoms with Gasteiger partial charge in [0.25, 0.3) is 5.56 Å². The average Bonchev–Trinajstić information content (AvgIpc) is 2.99. The van der Waals surface area contributed by atoms with Crippen LogP contribution in [0.1, 0.15) is 0 Å². The zero-order valence-electron chi connectivity index (χ0n) is 12.3. The number of nitrogens with zero attached hydrogens (tertiary/aromatic N) is 2. The number of rotatable bonds is 2. The first-order valence-corrected chi connectivity index (χ1v) is 7.56. The van der Waals surface area contributed by atoms with Gasteiger partial charge in [0, 0.05) is 0 Å². The number of aromatic hydroxyl groups is 1. The molecule has 0 saturated heterocycles. The van der Waals surface area contributed by atoms with Crippen LogP contribution in [0.3, 0.4) is 0 Å². The molecule has 4 rings (SSSR count). The Morgan fingerprint density at radius 1 is 1.08 bits per heavy atom. The predicted octanol–water partition coefficient (Wildman–Crippen LogP) is 3.41. The van der Waals surface area contributed by atoms with Crippen molar-refractivity contribution in [1.29, 1.82) is 0 Å². The summed E-state index contributed by atoms with van der Waals surface area (Å²) in [6, 6.07) is 16.2. The van der Waals surface area contributed by atoms with Crippen LogP contribution in [0.5, 0.6) is 5.88 Å². The standard InChI is InChI=1S/C17H11N3O3S/c21-15-13(14-11-8-4-5-9-12(11)19-23-14)16(22)20(17(24)18-15)10-6-2-1-3-7-10/h1-9,22H,(H,18,21,24). The van der Waals surface area contributed by atoms with Crippen LogP contribution in [0.4, 0.5) is 0 Å². The van der Waals surface area contributed by atoms with E-state index in [0.29, 0.717) is 16.6 Å². The molecule has 0 bridgehead atoms. The zero-order valence-corrected chi connectivity index (χ0v) is 13.1. The summed E-state index contributed by atoms with van der Waals surface area (Å²) in [4.78, 5) is 15.0. The number of aromatic nitrogens is 3. The van der Waals surface area contributed by atoms with Crippen molar-refractivity contribution in [3.8, 4) is 22.9 Å². The van der Waals surface area contributed by atoms with Gasteiger partial charge in [-0.3, -0.25) is 14.3 Å². The molecule has 0 spiro atoms. The molecule has 0 unspecified atom stereocenters. The molecule has 4 aromatic rings. The van der Waals surface area contributed by atoms with Gasteiger partial charge in [0.1, 0.15) is 11.1 Å². The largest absolute Gasteiger partial charge is 0.493 e. The maximum Gasteiger partial charge on any atom is 0.266 e. The van der Waals surface area contributed by atoms with Gasteiger partial charge in [-0.25, -0.2) is 0 Å². The van der Waals surface area contributed by atoms with Crippen LogP contribution in [0.15, 0.2) is 63.9 Å². The first-order chi connectivity index (χ1) is 11.7. The normalized spacial score (nSPS) is 11.0. The highest BCUT2D eigenvalue weighted by Crippen LogP contribution is 2.32. The number of hydrogen-bond donors (Lipinski definition) is 2. The Kier molecular flexibility index (Phi) is 3.28. The van der Waals surface area contributed by atoms with E-state index < -0.39 is 5.56 Å². The topological polar surface area (TPSA) is 84.0 Å². The SMILES string of the molecule is O=c1[nH]c(=S)n(-c2ccccc2)c(O)c1-c1onc2ccccc12. The van der Waals surface area contributed by atoms with Gasteiger partial charge in [-0.1, -0.05) is 35.5 Å². The number of aromatic amines is 1. The van der Waals surface area contributed by atoms with Crippen molar-refractivity contribution in [2.75, 3.05) is 0 Å². The predicted molar refractivity (Wildman–Crippen MR) is 91.9 cm³/mol. The van der Waals surface area contributed by atoms with Crippen molar-refractivity contribution >= 4 is 23.1 Å². The summed E-state index contributed by atoms with van der Waals surface area (Å²) in [5.41, 5.74) is 0.675. The molecule has 2 aromatic heterocycles. The van der Waals surface area contributed by atoms with Gasteiger partial charge in [0.05, 0.1) is 11.1 Å². The second-order valence-corrected chi connectivity index (χ2v) is 5.54. The maximum absolute atomic E-state index is 12.4. The number of H-pyrrole nitrogens is 1. The molecule has 0 radical (unpaired) electrons. The molecule has 24 heavy (non-hydrogen) atoms. The lowest BCUT2D eigenvalue weighted by Gasteiger charge is -2.11. The zero-order chi connectivity index (χ0) is 16.7. The van der Waals surface area contributed by atoms with Crippen molar-refractivity contribution in [2.24, 2.45) is 0 Å². The van der Waals surface area contributed by atoms with Crippen molar-refractivity contribution in [1.82, 2.24) is 14.7 Å². The molecule has 0 aliphatic heterocycles. The lowest BCUT2D eigenvalue weighted by Crippen LogP contribution is -2.15. The van der Waals surface area contributed by atoms with Crippen LogP contribution in [-0.2, 0) is 0 Å². The monoisotopic (exact) mass is 337 g/mol. The van der Waals surface area contributed by atoms with E-state index in [1.165, 1.54) is 4.57 Å². The Morgan fingerprint density at radius 2 is 1.79 bits per heavy atom. The summed E-state index contributed by atoms with van der Waals surface area (Å²) in [5.74, 6) is -0.0964. The Hall–Kier alpha value is -3.19. The molecule has 118 valence electrons. The Balaban J connectivity index is 2.07. The molecular formula is C17H11N3O3S. The van der Waals surface area contributed by atoms with Gasteiger partial charge >= 0.3 is 0 Å². The third kappa shape index (κ3) is 2.14. The molecule has 0 amide bonds. The summed E-state index contributed by atoms with van der Waals surface area (Å²) in [5, 5.41) is 15.3. The van der Waals surface area contributed by atoms with E-state index in [-0.39, 0.29) is 22.0 Å². The quantitative estimate of drug-likeness (QED) is 0.548. The fourth-order valence-electron chi connectivity index (χ4n) is 2.62. The summed E-state index contributed by atoms with van der Waals surface area (Å²) in [7, 11) is 0. The number of fused-ring (bicyclic) bond motifs is 1. The number of para-hydroxylation sites is 1. The number of benzene rings is 2. The fourth-order valence-corrected chi connectivity index (χ4v) is 2.90. The summed E-state index contributed by atoms with van der Waals surface area (Å²) in [6.07, 6.45) is 0. The summed E-state index contributed by atoms with van der Waals surface area (Å²) in [6.45, 7) is 0. The molecule has 0 fully saturated rings. The van der Waals surface area contributed by atoms with Gasteiger partial charge < -0.3 is 9.63 Å². The van der Waals surface area contributed by atoms with Crippen LogP contribution in [0.25, 0.3) is 27.9 Å². The van der Waals surface area contributed by atoms with Crippen LogP contribution < -0.4 is 5.56 Å². The van der Waals surface area contributed by atoms with Crippen LogP contribution in [-0.4, -0.2) is 19.8 Å². The third-order valence-corrected chi connectivity index (χ3v) is 4.00. The molecule has 0 atom stereocenters. The second-order valence-electron chi connectivity index (χ2n) is 5.16. The molecule has 0 aliphatic carbocycles. The van der Waals surface area contributed by atoms with Gasteiger partial charge in [0.15, 0.2) is 10.5 Å². The highest BCUT2D eigenvalue weighted by molar-refractivity contribution is 7.71. The molecule has 0 aliphatic rings. The Labute approximate surface area is 140 Å². The fraction of sp³-hybridized carbons (Fsp3) is 0. The van der Waals surface area contributed by atoms with Crippen molar-refractivity contribution in [3.05, 3.63) is 69.7 Å². The van der Waals surface area contributed by atoms with E-state index in [9.17, 15) is 9.90 Å². The Morgan fingerprint density at radius 3 is 2.58 bits per heavy atom. The smallest absolute Gasteiger partial charge is 0.266 e. The van der Waals surface area contributed by atoms with Gasteiger partial charge in [-0.05, 0) is 36.5 Å². The van der Waals surface area contributed by atoms with Crippen LogP contribution in [0, 0.1) is 4.77 Å². The molecule has 6 nitrogen and oxygen atoms in total. The van der Waals surface area contributed by atoms with Gasteiger partial charge in [-0.15, -0.1) is 0 Å². The van der Waals surface area contributed by atoms with E-state index in [1.54, 1.807) is 30.3 Å². The minimum atomic E-state index is -0.536. The third-order valence-electron chi connectivity index (χ3n) is 3.71. The average molecular weight is 337 g/mol. The molecule has 2 aromatic carbocycles. The number of hydrogen-bond acceptors (Lipinski definition) is 5. The molecular weight excluding hydrogens is 326 g/mol. The summed E-state index contributed by atoms with van der Waals surface area (Å²) >= 11 is 5.20. The van der Waals surface area contributed by atoms with Crippen molar-refractivity contribution in [2.45, 2.75) is 0 Å². The van der Waals surface area contributed by atoms with Gasteiger partial charge in [-0.2, -0.15) is 0 Å². The minimum absolute atomic E-state index is 0.0128. The molecule has 7 heteroatoms. The van der Waals surface area contributed by atoms with Crippen LogP contribution in [0.2, 0.25) is 0 Å². The maximum atomic E-state index is 12.4. The summed E-state index contributed by atoms with van der Waals surface area (Å²) < 4.78 is 6.79. The Bertz CT molecular complexity index is 1160. The first-order valence-electron chi connectivity index (χ1n) is 7.15. The van der Waals surface area contributed by atoms with Crippen LogP contribution >= 0.6 is 12.2 Å². The van der Waals surface area contributed by atoms with E-state index in [1.807, 2.05) is 24.3 Å². The number of nitrogens with one attached hydrogen (secondary N) is 1. The lowest BCUT2D eigenvalue weighted by molar-refractivity contribution is 0.417. The van der Waals surface area contributed by atoms with Crippen molar-refractivity contribution in [3.63, 3.8) is 0 Å². The van der Waals surface area contributed by atoms with E-state index in [0.717, 1.165) is 0 Å². The second kappa shape index (κ2) is 5.47. The van der Waals surface area contributed by atoms with Gasteiger partial charge in [0.2, 0.25) is 5.88 Å². The highest BCUT2D eigenvalue weighted by Gasteiger charge is 2.21. The lowest BCUT2D eigenvalue weighted by atomic mass is 10.1. The minimum Gasteiger partial charge on any atom is -0.493 e. The van der Waals surface area contributed by atoms with Crippen molar-refractivity contribution < 1.29 is 9.63 Å². The first kappa shape index (κ1) is 14.4. The molecule has 0 saturated carbocycles. The van der Waals surface area contributed by atoms with E-state index >= 15 is 0 Å². The molecule has 2 N–H and O–H groups in total. The molecule has 2 heterocycles. The van der Waals surface area contributed by atoms with E-state index in [2.05, 4.69) is 10.1 Å². The highest BCUT2D eigenvalue weighted by atomic mass is 32.1.